The summed E-state index contributed by atoms with van der Waals surface area (Å²) in [5, 5.41) is 10.5. The van der Waals surface area contributed by atoms with Crippen molar-refractivity contribution in [1.82, 2.24) is 20.2 Å². The van der Waals surface area contributed by atoms with Crippen LogP contribution in [0.1, 0.15) is 24.5 Å². The Morgan fingerprint density at radius 1 is 1.00 bits per heavy atom. The first-order valence-corrected chi connectivity index (χ1v) is 10.3. The van der Waals surface area contributed by atoms with Crippen molar-refractivity contribution in [2.45, 2.75) is 18.8 Å². The summed E-state index contributed by atoms with van der Waals surface area (Å²) >= 11 is 0. The number of methoxy groups -OCH3 is 3. The highest BCUT2D eigenvalue weighted by Gasteiger charge is 2.26. The summed E-state index contributed by atoms with van der Waals surface area (Å²) in [6, 6.07) is 3.97. The lowest BCUT2D eigenvalue weighted by Gasteiger charge is -2.33. The number of benzene rings is 1. The van der Waals surface area contributed by atoms with Crippen molar-refractivity contribution in [3.63, 3.8) is 0 Å². The van der Waals surface area contributed by atoms with Crippen molar-refractivity contribution in [2.24, 2.45) is 0 Å². The summed E-state index contributed by atoms with van der Waals surface area (Å²) in [4.78, 5) is 13.3. The molecule has 0 spiro atoms. The topological polar surface area (TPSA) is 85.7 Å². The number of hydrogen-bond donors (Lipinski definition) is 0. The average molecular weight is 425 g/mol. The smallest absolute Gasteiger partial charge is 0.224 e. The normalized spacial score (nSPS) is 14.5. The van der Waals surface area contributed by atoms with Crippen molar-refractivity contribution < 1.29 is 14.2 Å². The lowest BCUT2D eigenvalue weighted by molar-refractivity contribution is 0.327. The van der Waals surface area contributed by atoms with Crippen LogP contribution in [-0.2, 0) is 0 Å². The quantitative estimate of drug-likeness (QED) is 0.593. The molecule has 164 valence electrons. The molecule has 3 heterocycles. The maximum Gasteiger partial charge on any atom is 0.224 e. The van der Waals surface area contributed by atoms with Crippen molar-refractivity contribution in [3.05, 3.63) is 30.2 Å². The van der Waals surface area contributed by atoms with Gasteiger partial charge in [-0.1, -0.05) is 0 Å². The van der Waals surface area contributed by atoms with Gasteiger partial charge in [-0.3, -0.25) is 0 Å². The SMILES string of the molecule is COc1cc2c(N3CCC(c4ccnc(N(C)C)n4)CC3)nncc2c(OC)c1OC. The molecule has 0 saturated carbocycles. The second kappa shape index (κ2) is 8.79. The van der Waals surface area contributed by atoms with Crippen LogP contribution in [0.2, 0.25) is 0 Å². The molecule has 0 bridgehead atoms. The highest BCUT2D eigenvalue weighted by atomic mass is 16.5. The third-order valence-electron chi connectivity index (χ3n) is 5.73. The van der Waals surface area contributed by atoms with E-state index in [2.05, 4.69) is 20.1 Å². The largest absolute Gasteiger partial charge is 0.493 e. The van der Waals surface area contributed by atoms with Crippen LogP contribution in [0.3, 0.4) is 0 Å². The molecule has 3 aromatic rings. The first-order chi connectivity index (χ1) is 15.1. The van der Waals surface area contributed by atoms with E-state index in [0.717, 1.165) is 54.2 Å². The van der Waals surface area contributed by atoms with Gasteiger partial charge in [0.2, 0.25) is 11.7 Å². The lowest BCUT2D eigenvalue weighted by Crippen LogP contribution is -2.34. The number of rotatable bonds is 6. The van der Waals surface area contributed by atoms with Gasteiger partial charge in [-0.15, -0.1) is 5.10 Å². The van der Waals surface area contributed by atoms with Gasteiger partial charge in [-0.2, -0.15) is 5.10 Å². The van der Waals surface area contributed by atoms with Crippen LogP contribution in [-0.4, -0.2) is 68.7 Å². The van der Waals surface area contributed by atoms with Crippen LogP contribution in [0.15, 0.2) is 24.5 Å². The maximum atomic E-state index is 5.63. The monoisotopic (exact) mass is 424 g/mol. The van der Waals surface area contributed by atoms with Crippen LogP contribution >= 0.6 is 0 Å². The molecule has 0 aliphatic carbocycles. The van der Waals surface area contributed by atoms with E-state index in [4.69, 9.17) is 19.2 Å². The third kappa shape index (κ3) is 3.87. The minimum atomic E-state index is 0.394. The predicted molar refractivity (Wildman–Crippen MR) is 120 cm³/mol. The molecule has 1 aliphatic heterocycles. The van der Waals surface area contributed by atoms with Gasteiger partial charge in [-0.05, 0) is 25.0 Å². The molecule has 1 aromatic carbocycles. The number of nitrogens with zero attached hydrogens (tertiary/aromatic N) is 6. The van der Waals surface area contributed by atoms with Gasteiger partial charge in [0, 0.05) is 50.4 Å². The van der Waals surface area contributed by atoms with Gasteiger partial charge in [-0.25, -0.2) is 9.97 Å². The fourth-order valence-corrected chi connectivity index (χ4v) is 4.11. The second-order valence-corrected chi connectivity index (χ2v) is 7.71. The highest BCUT2D eigenvalue weighted by Crippen LogP contribution is 2.45. The molecule has 0 atom stereocenters. The lowest BCUT2D eigenvalue weighted by atomic mass is 9.93. The Hall–Kier alpha value is -3.36. The summed E-state index contributed by atoms with van der Waals surface area (Å²) in [6.07, 6.45) is 5.50. The summed E-state index contributed by atoms with van der Waals surface area (Å²) < 4.78 is 16.7. The standard InChI is InChI=1S/C22H28N6O3/c1-27(2)22-23-9-6-17(25-22)14-7-10-28(11-8-14)21-15-12-18(29-3)20(31-5)19(30-4)16(15)13-24-26-21/h6,9,12-14H,7-8,10-11H2,1-5H3. The number of hydrogen-bond acceptors (Lipinski definition) is 9. The zero-order valence-corrected chi connectivity index (χ0v) is 18.6. The van der Waals surface area contributed by atoms with Crippen molar-refractivity contribution in [2.75, 3.05) is 58.3 Å². The van der Waals surface area contributed by atoms with Crippen LogP contribution in [0, 0.1) is 0 Å². The van der Waals surface area contributed by atoms with Crippen LogP contribution < -0.4 is 24.0 Å². The molecule has 0 unspecified atom stereocenters. The van der Waals surface area contributed by atoms with Gasteiger partial charge in [0.15, 0.2) is 17.3 Å². The fourth-order valence-electron chi connectivity index (χ4n) is 4.11. The van der Waals surface area contributed by atoms with Crippen LogP contribution in [0.25, 0.3) is 10.8 Å². The van der Waals surface area contributed by atoms with E-state index in [1.165, 1.54) is 0 Å². The molecule has 9 nitrogen and oxygen atoms in total. The molecule has 0 N–H and O–H groups in total. The summed E-state index contributed by atoms with van der Waals surface area (Å²) in [7, 11) is 8.75. The van der Waals surface area contributed by atoms with Gasteiger partial charge in [0.05, 0.1) is 32.9 Å². The molecule has 4 rings (SSSR count). The minimum Gasteiger partial charge on any atom is -0.493 e. The molecule has 1 fully saturated rings. The van der Waals surface area contributed by atoms with E-state index < -0.39 is 0 Å². The molecule has 1 saturated heterocycles. The van der Waals surface area contributed by atoms with Gasteiger partial charge < -0.3 is 24.0 Å². The Morgan fingerprint density at radius 2 is 1.74 bits per heavy atom. The Balaban J connectivity index is 1.63. The van der Waals surface area contributed by atoms with E-state index in [0.29, 0.717) is 23.2 Å². The predicted octanol–water partition coefficient (Wildman–Crippen LogP) is 2.90. The molecular formula is C22H28N6O3. The summed E-state index contributed by atoms with van der Waals surface area (Å²) in [5.74, 6) is 3.72. The zero-order valence-electron chi connectivity index (χ0n) is 18.6. The fraction of sp³-hybridized carbons (Fsp3) is 0.455. The van der Waals surface area contributed by atoms with E-state index in [9.17, 15) is 0 Å². The van der Waals surface area contributed by atoms with Gasteiger partial charge >= 0.3 is 0 Å². The molecule has 2 aromatic heterocycles. The second-order valence-electron chi connectivity index (χ2n) is 7.71. The number of aromatic nitrogens is 4. The van der Waals surface area contributed by atoms with Crippen molar-refractivity contribution in [1.29, 1.82) is 0 Å². The average Bonchev–Trinajstić information content (AvgIpc) is 2.82. The molecule has 1 aliphatic rings. The number of fused-ring (bicyclic) bond motifs is 1. The summed E-state index contributed by atoms with van der Waals surface area (Å²) in [6.45, 7) is 1.72. The Bertz CT molecular complexity index is 1070. The Kier molecular flexibility index (Phi) is 5.92. The first-order valence-electron chi connectivity index (χ1n) is 10.3. The van der Waals surface area contributed by atoms with Gasteiger partial charge in [0.1, 0.15) is 0 Å². The third-order valence-corrected chi connectivity index (χ3v) is 5.73. The molecule has 31 heavy (non-hydrogen) atoms. The van der Waals surface area contributed by atoms with E-state index >= 15 is 0 Å². The number of anilines is 2. The Labute approximate surface area is 182 Å². The number of piperidine rings is 1. The highest BCUT2D eigenvalue weighted by molar-refractivity contribution is 5.99. The van der Waals surface area contributed by atoms with E-state index in [1.54, 1.807) is 27.5 Å². The van der Waals surface area contributed by atoms with Crippen LogP contribution in [0.5, 0.6) is 17.2 Å². The van der Waals surface area contributed by atoms with Crippen molar-refractivity contribution in [3.8, 4) is 17.2 Å². The van der Waals surface area contributed by atoms with Crippen molar-refractivity contribution >= 4 is 22.5 Å². The maximum absolute atomic E-state index is 5.63. The first kappa shape index (κ1) is 20.9. The molecular weight excluding hydrogens is 396 g/mol. The number of ether oxygens (including phenoxy) is 3. The molecule has 0 amide bonds. The van der Waals surface area contributed by atoms with Crippen LogP contribution in [0.4, 0.5) is 11.8 Å². The van der Waals surface area contributed by atoms with Gasteiger partial charge in [0.25, 0.3) is 0 Å². The van der Waals surface area contributed by atoms with E-state index in [-0.39, 0.29) is 0 Å². The molecule has 9 heteroatoms. The zero-order chi connectivity index (χ0) is 22.0. The van der Waals surface area contributed by atoms with E-state index in [1.807, 2.05) is 37.3 Å². The molecule has 0 radical (unpaired) electrons. The summed E-state index contributed by atoms with van der Waals surface area (Å²) in [5.41, 5.74) is 1.09. The minimum absolute atomic E-state index is 0.394. The Morgan fingerprint density at radius 3 is 2.39 bits per heavy atom.